The Morgan fingerprint density at radius 3 is 2.65 bits per heavy atom. The Kier molecular flexibility index (Phi) is 4.04. The molecule has 1 heterocycles. The van der Waals surface area contributed by atoms with Crippen molar-refractivity contribution in [2.24, 2.45) is 5.92 Å². The predicted molar refractivity (Wildman–Crippen MR) is 70.8 cm³/mol. The highest BCUT2D eigenvalue weighted by atomic mass is 35.5. The summed E-state index contributed by atoms with van der Waals surface area (Å²) in [5.41, 5.74) is 0.0444. The van der Waals surface area contributed by atoms with Crippen LogP contribution < -0.4 is 10.2 Å². The number of nitrogens with zero attached hydrogens (tertiary/aromatic N) is 1. The number of urea groups is 1. The second kappa shape index (κ2) is 5.58. The highest BCUT2D eigenvalue weighted by molar-refractivity contribution is 6.31. The molecule has 1 aromatic carbocycles. The van der Waals surface area contributed by atoms with Gasteiger partial charge in [-0.3, -0.25) is 14.9 Å². The number of imide groups is 2. The van der Waals surface area contributed by atoms with Gasteiger partial charge in [0.15, 0.2) is 0 Å². The molecule has 1 saturated heterocycles. The normalized spacial score (nSPS) is 19.2. The number of anilines is 1. The van der Waals surface area contributed by atoms with Crippen molar-refractivity contribution >= 4 is 35.1 Å². The van der Waals surface area contributed by atoms with E-state index in [1.165, 1.54) is 12.1 Å². The van der Waals surface area contributed by atoms with Gasteiger partial charge in [-0.1, -0.05) is 24.9 Å². The van der Waals surface area contributed by atoms with Gasteiger partial charge in [-0.25, -0.2) is 14.1 Å². The van der Waals surface area contributed by atoms with Gasteiger partial charge in [0.05, 0.1) is 10.7 Å². The summed E-state index contributed by atoms with van der Waals surface area (Å²) in [4.78, 5) is 36.4. The number of carbonyl (C=O) groups is 3. The number of hydrogen-bond acceptors (Lipinski definition) is 3. The third kappa shape index (κ3) is 2.51. The first-order chi connectivity index (χ1) is 9.45. The molecule has 1 aliphatic rings. The Balaban J connectivity index is 2.38. The van der Waals surface area contributed by atoms with Crippen molar-refractivity contribution in [1.29, 1.82) is 0 Å². The first kappa shape index (κ1) is 14.5. The van der Waals surface area contributed by atoms with Gasteiger partial charge in [-0.15, -0.1) is 0 Å². The maximum atomic E-state index is 13.4. The largest absolute Gasteiger partial charge is 0.335 e. The van der Waals surface area contributed by atoms with Crippen LogP contribution in [0.25, 0.3) is 0 Å². The highest BCUT2D eigenvalue weighted by Gasteiger charge is 2.40. The van der Waals surface area contributed by atoms with Gasteiger partial charge in [0, 0.05) is 0 Å². The molecule has 4 amide bonds. The molecule has 0 saturated carbocycles. The molecule has 0 radical (unpaired) electrons. The number of halogens is 2. The average molecular weight is 299 g/mol. The summed E-state index contributed by atoms with van der Waals surface area (Å²) in [6.07, 6.45) is 0.936. The Morgan fingerprint density at radius 2 is 2.05 bits per heavy atom. The zero-order valence-electron chi connectivity index (χ0n) is 10.7. The minimum atomic E-state index is -0.934. The van der Waals surface area contributed by atoms with Crippen LogP contribution in [-0.2, 0) is 9.59 Å². The van der Waals surface area contributed by atoms with Crippen molar-refractivity contribution < 1.29 is 18.8 Å². The van der Waals surface area contributed by atoms with Crippen LogP contribution in [0.15, 0.2) is 18.2 Å². The first-order valence-corrected chi connectivity index (χ1v) is 6.47. The second-order valence-corrected chi connectivity index (χ2v) is 4.81. The minimum absolute atomic E-state index is 0.0444. The lowest BCUT2D eigenvalue weighted by molar-refractivity contribution is -0.134. The van der Waals surface area contributed by atoms with E-state index in [2.05, 4.69) is 5.32 Å². The average Bonchev–Trinajstić information content (AvgIpc) is 2.38. The number of nitrogens with one attached hydrogen (secondary N) is 1. The highest BCUT2D eigenvalue weighted by Crippen LogP contribution is 2.26. The van der Waals surface area contributed by atoms with E-state index >= 15 is 0 Å². The van der Waals surface area contributed by atoms with E-state index in [-0.39, 0.29) is 10.7 Å². The molecule has 0 aromatic heterocycles. The fourth-order valence-corrected chi connectivity index (χ4v) is 2.15. The molecule has 1 fully saturated rings. The molecule has 0 aliphatic carbocycles. The number of hydrogen-bond donors (Lipinski definition) is 1. The van der Waals surface area contributed by atoms with Crippen molar-refractivity contribution in [3.05, 3.63) is 29.0 Å². The van der Waals surface area contributed by atoms with E-state index in [1.807, 2.05) is 6.92 Å². The lowest BCUT2D eigenvalue weighted by Crippen LogP contribution is -2.58. The Bertz CT molecular complexity index is 591. The van der Waals surface area contributed by atoms with Crippen LogP contribution in [-0.4, -0.2) is 17.8 Å². The van der Waals surface area contributed by atoms with Crippen LogP contribution >= 0.6 is 11.6 Å². The molecular weight excluding hydrogens is 287 g/mol. The van der Waals surface area contributed by atoms with E-state index in [1.54, 1.807) is 0 Å². The van der Waals surface area contributed by atoms with Gasteiger partial charge in [0.1, 0.15) is 11.7 Å². The number of carbonyl (C=O) groups excluding carboxylic acids is 3. The summed E-state index contributed by atoms with van der Waals surface area (Å²) in [6, 6.07) is 2.70. The molecule has 1 aromatic rings. The molecule has 1 atom stereocenters. The number of benzene rings is 1. The Labute approximate surface area is 119 Å². The molecule has 0 bridgehead atoms. The Morgan fingerprint density at radius 1 is 1.35 bits per heavy atom. The predicted octanol–water partition coefficient (Wildman–Crippen LogP) is 2.48. The lowest BCUT2D eigenvalue weighted by atomic mass is 9.99. The van der Waals surface area contributed by atoms with Gasteiger partial charge in [-0.2, -0.15) is 0 Å². The zero-order valence-corrected chi connectivity index (χ0v) is 11.4. The smallest absolute Gasteiger partial charge is 0.277 e. The van der Waals surface area contributed by atoms with Crippen molar-refractivity contribution in [2.75, 3.05) is 4.90 Å². The molecule has 106 valence electrons. The molecule has 20 heavy (non-hydrogen) atoms. The molecule has 1 aliphatic heterocycles. The first-order valence-electron chi connectivity index (χ1n) is 6.09. The summed E-state index contributed by atoms with van der Waals surface area (Å²) in [5, 5.41) is 1.99. The third-order valence-corrected chi connectivity index (χ3v) is 3.31. The molecule has 0 spiro atoms. The molecule has 1 unspecified atom stereocenters. The summed E-state index contributed by atoms with van der Waals surface area (Å²) in [5.74, 6) is -2.94. The summed E-state index contributed by atoms with van der Waals surface area (Å²) in [6.45, 7) is 1.82. The summed E-state index contributed by atoms with van der Waals surface area (Å²) in [7, 11) is 0. The monoisotopic (exact) mass is 298 g/mol. The van der Waals surface area contributed by atoms with E-state index in [0.29, 0.717) is 12.8 Å². The number of rotatable bonds is 3. The third-order valence-electron chi connectivity index (χ3n) is 3.01. The van der Waals surface area contributed by atoms with E-state index < -0.39 is 29.6 Å². The molecular formula is C13H12ClFN2O3. The molecule has 5 nitrogen and oxygen atoms in total. The zero-order chi connectivity index (χ0) is 14.9. The van der Waals surface area contributed by atoms with Crippen LogP contribution in [0.4, 0.5) is 14.9 Å². The van der Waals surface area contributed by atoms with Crippen LogP contribution in [0.1, 0.15) is 19.8 Å². The lowest BCUT2D eigenvalue weighted by Gasteiger charge is -2.30. The van der Waals surface area contributed by atoms with Crippen molar-refractivity contribution in [2.45, 2.75) is 19.8 Å². The molecule has 2 rings (SSSR count). The molecule has 7 heteroatoms. The number of amides is 4. The minimum Gasteiger partial charge on any atom is -0.277 e. The molecule has 1 N–H and O–H groups in total. The van der Waals surface area contributed by atoms with Crippen LogP contribution in [0, 0.1) is 11.7 Å². The van der Waals surface area contributed by atoms with Gasteiger partial charge < -0.3 is 0 Å². The van der Waals surface area contributed by atoms with E-state index in [4.69, 9.17) is 11.6 Å². The van der Waals surface area contributed by atoms with Crippen LogP contribution in [0.2, 0.25) is 5.02 Å². The van der Waals surface area contributed by atoms with Gasteiger partial charge in [0.2, 0.25) is 11.8 Å². The summed E-state index contributed by atoms with van der Waals surface area (Å²) < 4.78 is 13.4. The fraction of sp³-hybridized carbons (Fsp3) is 0.308. The van der Waals surface area contributed by atoms with E-state index in [0.717, 1.165) is 11.0 Å². The van der Waals surface area contributed by atoms with Crippen molar-refractivity contribution in [3.8, 4) is 0 Å². The second-order valence-electron chi connectivity index (χ2n) is 4.41. The van der Waals surface area contributed by atoms with E-state index in [9.17, 15) is 18.8 Å². The quantitative estimate of drug-likeness (QED) is 0.872. The van der Waals surface area contributed by atoms with Gasteiger partial charge in [0.25, 0.3) is 0 Å². The van der Waals surface area contributed by atoms with Crippen LogP contribution in [0.5, 0.6) is 0 Å². The maximum Gasteiger partial charge on any atom is 0.335 e. The van der Waals surface area contributed by atoms with Crippen molar-refractivity contribution in [3.63, 3.8) is 0 Å². The van der Waals surface area contributed by atoms with Gasteiger partial charge in [-0.05, 0) is 24.6 Å². The van der Waals surface area contributed by atoms with Gasteiger partial charge >= 0.3 is 6.03 Å². The summed E-state index contributed by atoms with van der Waals surface area (Å²) >= 11 is 5.56. The standard InChI is InChI=1S/C13H12ClFN2O3/c1-2-3-8-11(18)16-13(20)17(12(8)19)7-4-5-9(14)10(15)6-7/h4-6,8H,2-3H2,1H3,(H,16,18,20). The van der Waals surface area contributed by atoms with Crippen LogP contribution in [0.3, 0.4) is 0 Å². The SMILES string of the molecule is CCCC1C(=O)NC(=O)N(c2ccc(Cl)c(F)c2)C1=O. The topological polar surface area (TPSA) is 66.5 Å². The Hall–Kier alpha value is -1.95. The maximum absolute atomic E-state index is 13.4. The van der Waals surface area contributed by atoms with Crippen molar-refractivity contribution in [1.82, 2.24) is 5.32 Å². The fourth-order valence-electron chi connectivity index (χ4n) is 2.03. The number of barbiturate groups is 1.